The van der Waals surface area contributed by atoms with Crippen LogP contribution in [0.3, 0.4) is 0 Å². The van der Waals surface area contributed by atoms with E-state index in [0.29, 0.717) is 30.9 Å². The summed E-state index contributed by atoms with van der Waals surface area (Å²) in [5.41, 5.74) is 2.13. The Morgan fingerprint density at radius 3 is 2.43 bits per heavy atom. The van der Waals surface area contributed by atoms with Crippen LogP contribution in [0.15, 0.2) is 77.3 Å². The van der Waals surface area contributed by atoms with Crippen molar-refractivity contribution in [1.82, 2.24) is 4.90 Å². The minimum Gasteiger partial charge on any atom is -0.447 e. The topological polar surface area (TPSA) is 120 Å². The van der Waals surface area contributed by atoms with Crippen molar-refractivity contribution >= 4 is 53.5 Å². The highest BCUT2D eigenvalue weighted by molar-refractivity contribution is 9.10. The second kappa shape index (κ2) is 13.2. The molecule has 2 saturated heterocycles. The van der Waals surface area contributed by atoms with Crippen LogP contribution in [0.4, 0.5) is 16.2 Å². The van der Waals surface area contributed by atoms with Crippen LogP contribution in [0, 0.1) is 5.92 Å². The Labute approximate surface area is 284 Å². The largest absolute Gasteiger partial charge is 0.447 e. The molecule has 6 rings (SSSR count). The molecule has 0 saturated carbocycles. The fourth-order valence-electron chi connectivity index (χ4n) is 7.52. The van der Waals surface area contributed by atoms with Crippen LogP contribution >= 0.6 is 15.9 Å². The molecule has 0 unspecified atom stereocenters. The van der Waals surface area contributed by atoms with Crippen LogP contribution < -0.4 is 9.80 Å². The number of anilines is 2. The maximum atomic E-state index is 14.7. The number of halogens is 1. The Hall–Kier alpha value is -3.55. The summed E-state index contributed by atoms with van der Waals surface area (Å²) >= 11 is 3.59. The number of carbonyl (C=O) groups is 3. The van der Waals surface area contributed by atoms with E-state index in [-0.39, 0.29) is 44.0 Å². The fourth-order valence-corrected chi connectivity index (χ4v) is 10.4. The molecule has 3 aliphatic rings. The third kappa shape index (κ3) is 6.25. The second-order valence-corrected chi connectivity index (χ2v) is 18.0. The number of fused-ring (bicyclic) bond motifs is 2. The Balaban J connectivity index is 1.31. The van der Waals surface area contributed by atoms with E-state index in [4.69, 9.17) is 9.47 Å². The standard InChI is InChI=1S/C35H40BrN3O7Si/c1-23-32(47(2,3)44)30(20-31(41)37(15-17-40)21-24-7-5-4-6-8-24)46-35(23)28-19-26(36)11-14-29(28)39(33(35)42)22-25-9-12-27(13-10-25)38-16-18-45-34(38)43/h4-14,19,23,30,32,40,44H,15-18,20-22H2,1-3H3/t23-,30+,32-,35+/m0/s1. The number of carbonyl (C=O) groups excluding carboxylic acids is 3. The monoisotopic (exact) mass is 721 g/mol. The third-order valence-corrected chi connectivity index (χ3v) is 12.6. The number of benzene rings is 3. The predicted octanol–water partition coefficient (Wildman–Crippen LogP) is 5.16. The van der Waals surface area contributed by atoms with Gasteiger partial charge in [-0.05, 0) is 54.6 Å². The lowest BCUT2D eigenvalue weighted by atomic mass is 9.82. The summed E-state index contributed by atoms with van der Waals surface area (Å²) in [5.74, 6) is -0.874. The number of amides is 3. The van der Waals surface area contributed by atoms with Gasteiger partial charge in [0.1, 0.15) is 6.61 Å². The van der Waals surface area contributed by atoms with Gasteiger partial charge in [-0.1, -0.05) is 65.3 Å². The van der Waals surface area contributed by atoms with E-state index in [9.17, 15) is 24.3 Å². The van der Waals surface area contributed by atoms with Crippen molar-refractivity contribution < 1.29 is 33.8 Å². The van der Waals surface area contributed by atoms with E-state index < -0.39 is 31.5 Å². The van der Waals surface area contributed by atoms with Crippen molar-refractivity contribution in [3.8, 4) is 0 Å². The summed E-state index contributed by atoms with van der Waals surface area (Å²) < 4.78 is 12.7. The zero-order chi connectivity index (χ0) is 33.5. The summed E-state index contributed by atoms with van der Waals surface area (Å²) in [6, 6.07) is 22.8. The highest BCUT2D eigenvalue weighted by Gasteiger charge is 2.66. The Morgan fingerprint density at radius 2 is 1.79 bits per heavy atom. The molecule has 3 amide bonds. The van der Waals surface area contributed by atoms with Crippen molar-refractivity contribution in [2.45, 2.75) is 56.8 Å². The molecule has 2 fully saturated rings. The molecular weight excluding hydrogens is 682 g/mol. The molecule has 3 heterocycles. The molecule has 0 aromatic heterocycles. The van der Waals surface area contributed by atoms with E-state index >= 15 is 0 Å². The van der Waals surface area contributed by atoms with Gasteiger partial charge in [0.05, 0.1) is 37.9 Å². The molecule has 3 aromatic rings. The summed E-state index contributed by atoms with van der Waals surface area (Å²) in [7, 11) is -2.99. The Bertz CT molecular complexity index is 1650. The number of rotatable bonds is 10. The van der Waals surface area contributed by atoms with E-state index in [1.165, 1.54) is 0 Å². The summed E-state index contributed by atoms with van der Waals surface area (Å²) in [4.78, 5) is 57.2. The first-order valence-electron chi connectivity index (χ1n) is 15.9. The SMILES string of the molecule is C[C@H]1[C@H]([Si](C)(C)O)[C@@H](CC(=O)N(CCO)Cc2ccccc2)O[C@]12C(=O)N(Cc1ccc(N3CCOC3=O)cc1)c1ccc(Br)cc12. The molecule has 3 aromatic carbocycles. The molecule has 0 aliphatic carbocycles. The normalized spacial score (nSPS) is 23.8. The molecular formula is C35H40BrN3O7Si. The second-order valence-electron chi connectivity index (χ2n) is 13.1. The summed E-state index contributed by atoms with van der Waals surface area (Å²) in [5, 5.41) is 9.78. The molecule has 1 spiro atoms. The van der Waals surface area contributed by atoms with Gasteiger partial charge in [-0.25, -0.2) is 4.79 Å². The van der Waals surface area contributed by atoms with Crippen LogP contribution in [-0.2, 0) is 37.8 Å². The van der Waals surface area contributed by atoms with Gasteiger partial charge < -0.3 is 29.2 Å². The lowest BCUT2D eigenvalue weighted by Crippen LogP contribution is -2.46. The first-order chi connectivity index (χ1) is 22.4. The Kier molecular flexibility index (Phi) is 9.34. The lowest BCUT2D eigenvalue weighted by molar-refractivity contribution is -0.150. The number of nitrogens with zero attached hydrogens (tertiary/aromatic N) is 3. The molecule has 4 atom stereocenters. The number of ether oxygens (including phenoxy) is 2. The number of cyclic esters (lactones) is 1. The van der Waals surface area contributed by atoms with Crippen molar-refractivity contribution in [1.29, 1.82) is 0 Å². The number of hydrogen-bond donors (Lipinski definition) is 2. The first-order valence-corrected chi connectivity index (χ1v) is 19.7. The zero-order valence-electron chi connectivity index (χ0n) is 26.8. The van der Waals surface area contributed by atoms with Gasteiger partial charge in [0, 0.05) is 40.3 Å². The minimum absolute atomic E-state index is 0.0302. The van der Waals surface area contributed by atoms with Gasteiger partial charge >= 0.3 is 6.09 Å². The maximum absolute atomic E-state index is 14.7. The van der Waals surface area contributed by atoms with Gasteiger partial charge in [0.15, 0.2) is 13.9 Å². The van der Waals surface area contributed by atoms with Gasteiger partial charge in [-0.3, -0.25) is 14.5 Å². The van der Waals surface area contributed by atoms with Crippen molar-refractivity contribution in [2.24, 2.45) is 5.92 Å². The van der Waals surface area contributed by atoms with Crippen molar-refractivity contribution in [3.63, 3.8) is 0 Å². The van der Waals surface area contributed by atoms with Crippen LogP contribution in [0.25, 0.3) is 0 Å². The fraction of sp³-hybridized carbons (Fsp3) is 0.400. The van der Waals surface area contributed by atoms with E-state index in [1.54, 1.807) is 14.7 Å². The van der Waals surface area contributed by atoms with Crippen molar-refractivity contribution in [3.05, 3.63) is 94.0 Å². The smallest absolute Gasteiger partial charge is 0.414 e. The van der Waals surface area contributed by atoms with E-state index in [0.717, 1.165) is 21.3 Å². The number of aliphatic hydroxyl groups excluding tert-OH is 1. The van der Waals surface area contributed by atoms with Gasteiger partial charge in [-0.2, -0.15) is 0 Å². The molecule has 248 valence electrons. The average Bonchev–Trinajstić information content (AvgIpc) is 3.66. The lowest BCUT2D eigenvalue weighted by Gasteiger charge is -2.32. The molecule has 10 nitrogen and oxygen atoms in total. The van der Waals surface area contributed by atoms with E-state index in [2.05, 4.69) is 15.9 Å². The molecule has 2 N–H and O–H groups in total. The highest BCUT2D eigenvalue weighted by atomic mass is 79.9. The molecule has 0 bridgehead atoms. The third-order valence-electron chi connectivity index (χ3n) is 9.61. The minimum atomic E-state index is -2.99. The quantitative estimate of drug-likeness (QED) is 0.278. The summed E-state index contributed by atoms with van der Waals surface area (Å²) in [6.07, 6.45) is -1.12. The molecule has 0 radical (unpaired) electrons. The van der Waals surface area contributed by atoms with Crippen LogP contribution in [0.5, 0.6) is 0 Å². The molecule has 12 heteroatoms. The predicted molar refractivity (Wildman–Crippen MR) is 183 cm³/mol. The van der Waals surface area contributed by atoms with Crippen molar-refractivity contribution in [2.75, 3.05) is 36.1 Å². The van der Waals surface area contributed by atoms with Gasteiger partial charge in [0.2, 0.25) is 5.91 Å². The molecule has 47 heavy (non-hydrogen) atoms. The summed E-state index contributed by atoms with van der Waals surface area (Å²) in [6.45, 7) is 7.03. The zero-order valence-corrected chi connectivity index (χ0v) is 29.4. The van der Waals surface area contributed by atoms with Gasteiger partial charge in [0.25, 0.3) is 5.91 Å². The van der Waals surface area contributed by atoms with Crippen LogP contribution in [0.2, 0.25) is 18.6 Å². The Morgan fingerprint density at radius 1 is 1.06 bits per heavy atom. The highest BCUT2D eigenvalue weighted by Crippen LogP contribution is 2.60. The van der Waals surface area contributed by atoms with Crippen LogP contribution in [-0.4, -0.2) is 73.4 Å². The van der Waals surface area contributed by atoms with Gasteiger partial charge in [-0.15, -0.1) is 0 Å². The average molecular weight is 723 g/mol. The molecule has 3 aliphatic heterocycles. The number of aliphatic hydroxyl groups is 1. The van der Waals surface area contributed by atoms with Crippen LogP contribution in [0.1, 0.15) is 30.0 Å². The van der Waals surface area contributed by atoms with E-state index in [1.807, 2.05) is 92.8 Å². The number of hydrogen-bond acceptors (Lipinski definition) is 7. The maximum Gasteiger partial charge on any atom is 0.414 e. The first kappa shape index (κ1) is 33.4.